The Labute approximate surface area is 116 Å². The van der Waals surface area contributed by atoms with Gasteiger partial charge in [-0.2, -0.15) is 0 Å². The quantitative estimate of drug-likeness (QED) is 0.794. The number of likely N-dealkylation sites (N-methyl/N-ethyl adjacent to an activating group) is 1. The minimum atomic E-state index is -3.67. The van der Waals surface area contributed by atoms with Crippen LogP contribution in [-0.4, -0.2) is 56.2 Å². The number of nitrogens with zero attached hydrogens (tertiary/aromatic N) is 2. The van der Waals surface area contributed by atoms with Crippen LogP contribution in [0.4, 0.5) is 0 Å². The van der Waals surface area contributed by atoms with Gasteiger partial charge in [-0.15, -0.1) is 0 Å². The molecule has 0 amide bonds. The summed E-state index contributed by atoms with van der Waals surface area (Å²) in [7, 11) is -0.0703. The molecule has 0 radical (unpaired) electrons. The lowest BCUT2D eigenvalue weighted by atomic mass is 10.1. The van der Waals surface area contributed by atoms with Crippen LogP contribution in [0.1, 0.15) is 6.92 Å². The summed E-state index contributed by atoms with van der Waals surface area (Å²) >= 11 is 6.46. The average molecular weight is 314 g/mol. The van der Waals surface area contributed by atoms with Gasteiger partial charge in [0.1, 0.15) is 0 Å². The number of rotatable bonds is 6. The van der Waals surface area contributed by atoms with Gasteiger partial charge in [-0.25, -0.2) is 18.1 Å². The van der Waals surface area contributed by atoms with Crippen LogP contribution in [0.25, 0.3) is 0 Å². The van der Waals surface area contributed by atoms with Gasteiger partial charge in [0.2, 0.25) is 0 Å². The topological polar surface area (TPSA) is 82.5 Å². The second kappa shape index (κ2) is 5.81. The van der Waals surface area contributed by atoms with Crippen LogP contribution >= 0.6 is 22.9 Å². The minimum absolute atomic E-state index is 0.0353. The number of aromatic nitrogens is 1. The molecule has 1 aromatic heterocycles. The second-order valence-electron chi connectivity index (χ2n) is 4.49. The molecule has 0 spiro atoms. The van der Waals surface area contributed by atoms with E-state index in [-0.39, 0.29) is 15.2 Å². The molecule has 0 aromatic carbocycles. The van der Waals surface area contributed by atoms with Crippen molar-refractivity contribution in [2.75, 3.05) is 27.2 Å². The molecule has 0 bridgehead atoms. The maximum atomic E-state index is 11.9. The van der Waals surface area contributed by atoms with Crippen LogP contribution in [0.2, 0.25) is 4.47 Å². The first-order chi connectivity index (χ1) is 8.12. The average Bonchev–Trinajstić information content (AvgIpc) is 2.61. The Kier molecular flexibility index (Phi) is 5.10. The first-order valence-corrected chi connectivity index (χ1v) is 7.78. The maximum absolute atomic E-state index is 11.9. The highest BCUT2D eigenvalue weighted by Gasteiger charge is 2.25. The number of halogens is 1. The summed E-state index contributed by atoms with van der Waals surface area (Å²) in [5.74, 6) is 0. The summed E-state index contributed by atoms with van der Waals surface area (Å²) in [6.45, 7) is 1.83. The van der Waals surface area contributed by atoms with Crippen LogP contribution in [0.15, 0.2) is 10.4 Å². The Hall–Kier alpha value is -0.250. The molecule has 9 heteroatoms. The van der Waals surface area contributed by atoms with E-state index >= 15 is 0 Å². The predicted octanol–water partition coefficient (Wildman–Crippen LogP) is 0.387. The fourth-order valence-corrected chi connectivity index (χ4v) is 3.92. The SMILES string of the molecule is CN(C)CC(C)(O)CNS(=O)(=O)c1cnc(Cl)s1. The Morgan fingerprint density at radius 3 is 2.67 bits per heavy atom. The van der Waals surface area contributed by atoms with Gasteiger partial charge in [-0.3, -0.25) is 0 Å². The standard InChI is InChI=1S/C9H16ClN3O3S2/c1-9(14,6-13(2)3)5-12-18(15,16)7-4-11-8(10)17-7/h4,12,14H,5-6H2,1-3H3. The largest absolute Gasteiger partial charge is 0.387 e. The molecule has 0 saturated heterocycles. The molecule has 1 rings (SSSR count). The molecule has 0 saturated carbocycles. The van der Waals surface area contributed by atoms with Gasteiger partial charge in [-0.1, -0.05) is 22.9 Å². The Morgan fingerprint density at radius 1 is 1.61 bits per heavy atom. The molecule has 104 valence electrons. The highest BCUT2D eigenvalue weighted by Crippen LogP contribution is 2.22. The van der Waals surface area contributed by atoms with E-state index in [4.69, 9.17) is 11.6 Å². The molecule has 1 heterocycles. The number of hydrogen-bond acceptors (Lipinski definition) is 6. The van der Waals surface area contributed by atoms with E-state index in [1.54, 1.807) is 25.9 Å². The summed E-state index contributed by atoms with van der Waals surface area (Å²) < 4.78 is 26.2. The molecule has 18 heavy (non-hydrogen) atoms. The Morgan fingerprint density at radius 2 is 2.22 bits per heavy atom. The van der Waals surface area contributed by atoms with E-state index in [2.05, 4.69) is 9.71 Å². The molecular weight excluding hydrogens is 298 g/mol. The van der Waals surface area contributed by atoms with Gasteiger partial charge in [0, 0.05) is 13.1 Å². The van der Waals surface area contributed by atoms with Crippen molar-refractivity contribution in [1.29, 1.82) is 0 Å². The van der Waals surface area contributed by atoms with E-state index in [0.717, 1.165) is 11.3 Å². The highest BCUT2D eigenvalue weighted by atomic mass is 35.5. The van der Waals surface area contributed by atoms with Crippen molar-refractivity contribution in [3.8, 4) is 0 Å². The molecule has 0 aliphatic carbocycles. The maximum Gasteiger partial charge on any atom is 0.251 e. The number of hydrogen-bond donors (Lipinski definition) is 2. The zero-order valence-electron chi connectivity index (χ0n) is 10.3. The van der Waals surface area contributed by atoms with Crippen LogP contribution in [0.5, 0.6) is 0 Å². The lowest BCUT2D eigenvalue weighted by Gasteiger charge is -2.26. The van der Waals surface area contributed by atoms with E-state index in [0.29, 0.717) is 6.54 Å². The summed E-state index contributed by atoms with van der Waals surface area (Å²) in [5.41, 5.74) is -1.15. The van der Waals surface area contributed by atoms with Crippen molar-refractivity contribution in [2.45, 2.75) is 16.7 Å². The third-order valence-electron chi connectivity index (χ3n) is 2.02. The molecule has 0 aliphatic heterocycles. The Bertz CT molecular complexity index is 499. The zero-order chi connectivity index (χ0) is 14.0. The summed E-state index contributed by atoms with van der Waals surface area (Å²) in [4.78, 5) is 5.45. The van der Waals surface area contributed by atoms with Crippen molar-refractivity contribution in [3.63, 3.8) is 0 Å². The van der Waals surface area contributed by atoms with Gasteiger partial charge in [-0.05, 0) is 21.0 Å². The fourth-order valence-electron chi connectivity index (χ4n) is 1.42. The molecule has 6 nitrogen and oxygen atoms in total. The van der Waals surface area contributed by atoms with E-state index in [1.807, 2.05) is 0 Å². The van der Waals surface area contributed by atoms with Gasteiger partial charge in [0.25, 0.3) is 10.0 Å². The minimum Gasteiger partial charge on any atom is -0.387 e. The van der Waals surface area contributed by atoms with E-state index in [9.17, 15) is 13.5 Å². The number of nitrogens with one attached hydrogen (secondary N) is 1. The third kappa shape index (κ3) is 4.79. The van der Waals surface area contributed by atoms with Gasteiger partial charge in [0.05, 0.1) is 11.8 Å². The summed E-state index contributed by atoms with van der Waals surface area (Å²) in [6.07, 6.45) is 1.19. The monoisotopic (exact) mass is 313 g/mol. The molecule has 1 unspecified atom stereocenters. The smallest absolute Gasteiger partial charge is 0.251 e. The fraction of sp³-hybridized carbons (Fsp3) is 0.667. The van der Waals surface area contributed by atoms with Gasteiger partial charge in [0.15, 0.2) is 8.68 Å². The second-order valence-corrected chi connectivity index (χ2v) is 8.10. The molecular formula is C9H16ClN3O3S2. The first-order valence-electron chi connectivity index (χ1n) is 5.10. The molecule has 1 aromatic rings. The van der Waals surface area contributed by atoms with Crippen molar-refractivity contribution in [3.05, 3.63) is 10.7 Å². The highest BCUT2D eigenvalue weighted by molar-refractivity contribution is 7.91. The molecule has 1 atom stereocenters. The van der Waals surface area contributed by atoms with E-state index < -0.39 is 15.6 Å². The third-order valence-corrected chi connectivity index (χ3v) is 5.00. The first kappa shape index (κ1) is 15.8. The lowest BCUT2D eigenvalue weighted by molar-refractivity contribution is 0.0386. The summed E-state index contributed by atoms with van der Waals surface area (Å²) in [6, 6.07) is 0. The van der Waals surface area contributed by atoms with Crippen molar-refractivity contribution < 1.29 is 13.5 Å². The summed E-state index contributed by atoms with van der Waals surface area (Å²) in [5, 5.41) is 9.99. The van der Waals surface area contributed by atoms with Crippen LogP contribution < -0.4 is 4.72 Å². The number of thiazole rings is 1. The normalized spacial score (nSPS) is 15.9. The van der Waals surface area contributed by atoms with Crippen LogP contribution in [0.3, 0.4) is 0 Å². The number of sulfonamides is 1. The zero-order valence-corrected chi connectivity index (χ0v) is 12.7. The van der Waals surface area contributed by atoms with Crippen molar-refractivity contribution >= 4 is 33.0 Å². The molecule has 0 fully saturated rings. The van der Waals surface area contributed by atoms with E-state index in [1.165, 1.54) is 6.20 Å². The van der Waals surface area contributed by atoms with Crippen LogP contribution in [0, 0.1) is 0 Å². The van der Waals surface area contributed by atoms with Gasteiger partial charge >= 0.3 is 0 Å². The van der Waals surface area contributed by atoms with Gasteiger partial charge < -0.3 is 10.0 Å². The predicted molar refractivity (Wildman–Crippen MR) is 71.5 cm³/mol. The van der Waals surface area contributed by atoms with Crippen molar-refractivity contribution in [1.82, 2.24) is 14.6 Å². The van der Waals surface area contributed by atoms with Crippen LogP contribution in [-0.2, 0) is 10.0 Å². The molecule has 2 N–H and O–H groups in total. The van der Waals surface area contributed by atoms with Crippen molar-refractivity contribution in [2.24, 2.45) is 0 Å². The lowest BCUT2D eigenvalue weighted by Crippen LogP contribution is -2.46. The Balaban J connectivity index is 2.68. The molecule has 0 aliphatic rings. The number of aliphatic hydroxyl groups is 1.